The van der Waals surface area contributed by atoms with Crippen molar-refractivity contribution in [3.05, 3.63) is 35.4 Å². The Labute approximate surface area is 183 Å². The number of hydrogen-bond donors (Lipinski definition) is 0. The minimum absolute atomic E-state index is 0.331. The molecular weight excluding hydrogens is 376 g/mol. The van der Waals surface area contributed by atoms with Crippen molar-refractivity contribution in [2.24, 2.45) is 11.8 Å². The molecule has 0 aromatic heterocycles. The third kappa shape index (κ3) is 11.4. The van der Waals surface area contributed by atoms with Crippen molar-refractivity contribution < 1.29 is 19.1 Å². The molecule has 170 valence electrons. The van der Waals surface area contributed by atoms with Gasteiger partial charge in [-0.05, 0) is 48.9 Å². The second-order valence-electron chi connectivity index (χ2n) is 8.68. The topological polar surface area (TPSA) is 52.6 Å². The van der Waals surface area contributed by atoms with E-state index in [1.165, 1.54) is 25.7 Å². The van der Waals surface area contributed by atoms with Gasteiger partial charge in [0.05, 0.1) is 24.3 Å². The number of carbonyl (C=O) groups is 2. The predicted octanol–water partition coefficient (Wildman–Crippen LogP) is 7.21. The van der Waals surface area contributed by atoms with Crippen molar-refractivity contribution in [1.29, 1.82) is 0 Å². The maximum absolute atomic E-state index is 12.2. The van der Waals surface area contributed by atoms with Crippen LogP contribution in [-0.4, -0.2) is 25.2 Å². The first-order valence-electron chi connectivity index (χ1n) is 11.9. The summed E-state index contributed by atoms with van der Waals surface area (Å²) >= 11 is 0. The van der Waals surface area contributed by atoms with Crippen LogP contribution in [0.1, 0.15) is 113 Å². The zero-order valence-corrected chi connectivity index (χ0v) is 19.6. The first-order chi connectivity index (χ1) is 14.5. The minimum Gasteiger partial charge on any atom is -0.462 e. The van der Waals surface area contributed by atoms with Gasteiger partial charge < -0.3 is 9.47 Å². The minimum atomic E-state index is -0.333. The summed E-state index contributed by atoms with van der Waals surface area (Å²) in [7, 11) is 0. The van der Waals surface area contributed by atoms with Crippen molar-refractivity contribution in [1.82, 2.24) is 0 Å². The van der Waals surface area contributed by atoms with Gasteiger partial charge in [0.25, 0.3) is 0 Å². The number of benzene rings is 1. The number of rotatable bonds is 16. The Balaban J connectivity index is 2.28. The SMILES string of the molecule is CCCC[C@@H](CC)COC(=O)c1ccc(C(=O)OCCCCCCCC(C)C)cc1. The highest BCUT2D eigenvalue weighted by Gasteiger charge is 2.13. The Morgan fingerprint density at radius 3 is 1.90 bits per heavy atom. The molecule has 4 heteroatoms. The summed E-state index contributed by atoms with van der Waals surface area (Å²) in [5.74, 6) is 0.527. The lowest BCUT2D eigenvalue weighted by molar-refractivity contribution is 0.0425. The van der Waals surface area contributed by atoms with Crippen LogP contribution in [0.4, 0.5) is 0 Å². The molecule has 0 heterocycles. The fourth-order valence-corrected chi connectivity index (χ4v) is 3.35. The maximum Gasteiger partial charge on any atom is 0.338 e. The fourth-order valence-electron chi connectivity index (χ4n) is 3.35. The van der Waals surface area contributed by atoms with E-state index >= 15 is 0 Å². The van der Waals surface area contributed by atoms with E-state index in [1.807, 2.05) is 0 Å². The first-order valence-corrected chi connectivity index (χ1v) is 11.9. The van der Waals surface area contributed by atoms with Crippen molar-refractivity contribution in [2.75, 3.05) is 13.2 Å². The van der Waals surface area contributed by atoms with Gasteiger partial charge in [0.1, 0.15) is 0 Å². The van der Waals surface area contributed by atoms with Crippen LogP contribution in [0, 0.1) is 11.8 Å². The van der Waals surface area contributed by atoms with E-state index in [0.29, 0.717) is 30.3 Å². The highest BCUT2D eigenvalue weighted by Crippen LogP contribution is 2.15. The lowest BCUT2D eigenvalue weighted by Crippen LogP contribution is -2.14. The predicted molar refractivity (Wildman–Crippen MR) is 123 cm³/mol. The van der Waals surface area contributed by atoms with Gasteiger partial charge in [0, 0.05) is 0 Å². The monoisotopic (exact) mass is 418 g/mol. The Morgan fingerprint density at radius 2 is 1.33 bits per heavy atom. The largest absolute Gasteiger partial charge is 0.462 e. The molecule has 4 nitrogen and oxygen atoms in total. The fraction of sp³-hybridized carbons (Fsp3) is 0.692. The van der Waals surface area contributed by atoms with E-state index in [9.17, 15) is 9.59 Å². The van der Waals surface area contributed by atoms with Crippen LogP contribution < -0.4 is 0 Å². The molecule has 0 saturated carbocycles. The van der Waals surface area contributed by atoms with Crippen LogP contribution in [0.25, 0.3) is 0 Å². The van der Waals surface area contributed by atoms with E-state index in [1.54, 1.807) is 24.3 Å². The van der Waals surface area contributed by atoms with Gasteiger partial charge in [-0.15, -0.1) is 0 Å². The normalized spacial score (nSPS) is 12.0. The molecule has 0 aliphatic heterocycles. The number of hydrogen-bond acceptors (Lipinski definition) is 4. The van der Waals surface area contributed by atoms with Gasteiger partial charge in [0.2, 0.25) is 0 Å². The van der Waals surface area contributed by atoms with E-state index in [-0.39, 0.29) is 11.9 Å². The van der Waals surface area contributed by atoms with Gasteiger partial charge in [-0.3, -0.25) is 0 Å². The van der Waals surface area contributed by atoms with Gasteiger partial charge in [0.15, 0.2) is 0 Å². The van der Waals surface area contributed by atoms with E-state index in [4.69, 9.17) is 9.47 Å². The molecule has 0 fully saturated rings. The van der Waals surface area contributed by atoms with Crippen LogP contribution >= 0.6 is 0 Å². The third-order valence-corrected chi connectivity index (χ3v) is 5.51. The van der Waals surface area contributed by atoms with Gasteiger partial charge in [-0.2, -0.15) is 0 Å². The van der Waals surface area contributed by atoms with Crippen molar-refractivity contribution in [2.45, 2.75) is 91.9 Å². The molecule has 1 aromatic rings. The van der Waals surface area contributed by atoms with Gasteiger partial charge in [-0.25, -0.2) is 9.59 Å². The molecule has 1 rings (SSSR count). The highest BCUT2D eigenvalue weighted by molar-refractivity contribution is 5.93. The molecule has 0 aliphatic rings. The van der Waals surface area contributed by atoms with Crippen LogP contribution in [-0.2, 0) is 9.47 Å². The molecular formula is C26H42O4. The van der Waals surface area contributed by atoms with Crippen LogP contribution in [0.15, 0.2) is 24.3 Å². The molecule has 1 aromatic carbocycles. The molecule has 0 spiro atoms. The van der Waals surface area contributed by atoms with Crippen molar-refractivity contribution in [3.8, 4) is 0 Å². The van der Waals surface area contributed by atoms with Crippen molar-refractivity contribution >= 4 is 11.9 Å². The average Bonchev–Trinajstić information content (AvgIpc) is 2.75. The summed E-state index contributed by atoms with van der Waals surface area (Å²) in [6.07, 6.45) is 11.4. The van der Waals surface area contributed by atoms with E-state index in [2.05, 4.69) is 27.7 Å². The second-order valence-corrected chi connectivity index (χ2v) is 8.68. The standard InChI is InChI=1S/C26H42O4/c1-5-7-14-22(6-2)20-30-26(28)24-17-15-23(16-18-24)25(27)29-19-12-10-8-9-11-13-21(3)4/h15-18,21-22H,5-14,19-20H2,1-4H3/t22-/m1/s1. The molecule has 0 saturated heterocycles. The second kappa shape index (κ2) is 15.9. The zero-order valence-electron chi connectivity index (χ0n) is 19.6. The summed E-state index contributed by atoms with van der Waals surface area (Å²) < 4.78 is 10.8. The molecule has 30 heavy (non-hydrogen) atoms. The molecule has 0 bridgehead atoms. The number of unbranched alkanes of at least 4 members (excludes halogenated alkanes) is 5. The Bertz CT molecular complexity index is 592. The Kier molecular flexibility index (Phi) is 13.9. The quantitative estimate of drug-likeness (QED) is 0.210. The molecule has 0 N–H and O–H groups in total. The molecule has 0 amide bonds. The first kappa shape index (κ1) is 26.2. The summed E-state index contributed by atoms with van der Waals surface area (Å²) in [6, 6.07) is 6.56. The van der Waals surface area contributed by atoms with Crippen LogP contribution in [0.2, 0.25) is 0 Å². The molecule has 0 radical (unpaired) electrons. The average molecular weight is 419 g/mol. The molecule has 0 aliphatic carbocycles. The van der Waals surface area contributed by atoms with Crippen LogP contribution in [0.3, 0.4) is 0 Å². The Morgan fingerprint density at radius 1 is 0.767 bits per heavy atom. The lowest BCUT2D eigenvalue weighted by atomic mass is 10.0. The summed E-state index contributed by atoms with van der Waals surface area (Å²) in [5.41, 5.74) is 0.941. The van der Waals surface area contributed by atoms with Gasteiger partial charge in [-0.1, -0.05) is 79.1 Å². The number of esters is 2. The number of ether oxygens (including phenoxy) is 2. The summed E-state index contributed by atoms with van der Waals surface area (Å²) in [6.45, 7) is 9.71. The molecule has 0 unspecified atom stereocenters. The third-order valence-electron chi connectivity index (χ3n) is 5.51. The lowest BCUT2D eigenvalue weighted by Gasteiger charge is -2.14. The van der Waals surface area contributed by atoms with Crippen molar-refractivity contribution in [3.63, 3.8) is 0 Å². The van der Waals surface area contributed by atoms with Crippen LogP contribution in [0.5, 0.6) is 0 Å². The van der Waals surface area contributed by atoms with Gasteiger partial charge >= 0.3 is 11.9 Å². The highest BCUT2D eigenvalue weighted by atomic mass is 16.5. The zero-order chi connectivity index (χ0) is 22.2. The Hall–Kier alpha value is -1.84. The summed E-state index contributed by atoms with van der Waals surface area (Å²) in [4.78, 5) is 24.4. The maximum atomic E-state index is 12.2. The van der Waals surface area contributed by atoms with E-state index < -0.39 is 0 Å². The smallest absolute Gasteiger partial charge is 0.338 e. The molecule has 1 atom stereocenters. The number of carbonyl (C=O) groups excluding carboxylic acids is 2. The summed E-state index contributed by atoms with van der Waals surface area (Å²) in [5, 5.41) is 0. The van der Waals surface area contributed by atoms with E-state index in [0.717, 1.165) is 44.4 Å².